The molecule has 0 saturated heterocycles. The number of hydrogen-bond acceptors (Lipinski definition) is 7. The van der Waals surface area contributed by atoms with Crippen LogP contribution in [0, 0.1) is 0 Å². The van der Waals surface area contributed by atoms with Gasteiger partial charge >= 0.3 is 5.97 Å². The number of hydrazine groups is 1. The summed E-state index contributed by atoms with van der Waals surface area (Å²) in [4.78, 5) is 36.8. The summed E-state index contributed by atoms with van der Waals surface area (Å²) in [5.41, 5.74) is 6.73. The first-order chi connectivity index (χ1) is 17.0. The molecule has 5 rings (SSSR count). The third-order valence-corrected chi connectivity index (χ3v) is 5.97. The van der Waals surface area contributed by atoms with Crippen molar-refractivity contribution < 1.29 is 14.3 Å². The standard InChI is InChI=1S/C26H23N5O4/c1-35-22(32)14-15-31-21-9-5-4-8-20(21)24(30-31)26(34)27-17-12-10-16(11-13-17)23-18-6-2-3-7-19(18)25(33)29-28-23/h2-13,24,30H,14-15H2,1H3,(H,27,34)(H,29,33). The van der Waals surface area contributed by atoms with Crippen LogP contribution in [0.4, 0.5) is 11.4 Å². The molecule has 4 aromatic rings. The number of esters is 1. The zero-order chi connectivity index (χ0) is 24.4. The Morgan fingerprint density at radius 2 is 1.71 bits per heavy atom. The van der Waals surface area contributed by atoms with Crippen molar-refractivity contribution >= 4 is 34.0 Å². The van der Waals surface area contributed by atoms with Crippen LogP contribution < -0.4 is 21.3 Å². The smallest absolute Gasteiger partial charge is 0.307 e. The summed E-state index contributed by atoms with van der Waals surface area (Å²) in [5.74, 6) is -0.541. The fraction of sp³-hybridized carbons (Fsp3) is 0.154. The van der Waals surface area contributed by atoms with E-state index in [0.29, 0.717) is 23.3 Å². The van der Waals surface area contributed by atoms with Crippen molar-refractivity contribution in [2.24, 2.45) is 0 Å². The lowest BCUT2D eigenvalue weighted by Crippen LogP contribution is -2.40. The number of H-pyrrole nitrogens is 1. The third-order valence-electron chi connectivity index (χ3n) is 5.97. The van der Waals surface area contributed by atoms with E-state index in [1.54, 1.807) is 23.2 Å². The largest absolute Gasteiger partial charge is 0.469 e. The second-order valence-corrected chi connectivity index (χ2v) is 8.11. The minimum Gasteiger partial charge on any atom is -0.469 e. The topological polar surface area (TPSA) is 116 Å². The number of amides is 1. The monoisotopic (exact) mass is 469 g/mol. The first kappa shape index (κ1) is 22.3. The minimum atomic E-state index is -0.603. The maximum atomic E-state index is 13.1. The lowest BCUT2D eigenvalue weighted by atomic mass is 10.0. The van der Waals surface area contributed by atoms with Gasteiger partial charge < -0.3 is 15.1 Å². The van der Waals surface area contributed by atoms with Crippen LogP contribution >= 0.6 is 0 Å². The van der Waals surface area contributed by atoms with Crippen LogP contribution in [-0.4, -0.2) is 35.7 Å². The van der Waals surface area contributed by atoms with Gasteiger partial charge in [-0.05, 0) is 24.3 Å². The van der Waals surface area contributed by atoms with Gasteiger partial charge in [-0.1, -0.05) is 48.5 Å². The van der Waals surface area contributed by atoms with E-state index in [-0.39, 0.29) is 23.9 Å². The lowest BCUT2D eigenvalue weighted by molar-refractivity contribution is -0.140. The molecule has 0 fully saturated rings. The Hall–Kier alpha value is -4.50. The van der Waals surface area contributed by atoms with E-state index in [2.05, 4.69) is 20.9 Å². The van der Waals surface area contributed by atoms with Crippen LogP contribution in [0.25, 0.3) is 22.0 Å². The normalized spacial score (nSPS) is 14.5. The Balaban J connectivity index is 1.33. The van der Waals surface area contributed by atoms with E-state index in [4.69, 9.17) is 4.74 Å². The number of rotatable bonds is 6. The fourth-order valence-electron chi connectivity index (χ4n) is 4.22. The Kier molecular flexibility index (Phi) is 5.99. The molecule has 9 heteroatoms. The zero-order valence-corrected chi connectivity index (χ0v) is 18.9. The minimum absolute atomic E-state index is 0.196. The number of benzene rings is 3. The molecule has 2 heterocycles. The highest BCUT2D eigenvalue weighted by molar-refractivity contribution is 5.98. The van der Waals surface area contributed by atoms with E-state index < -0.39 is 6.04 Å². The number of hydrogen-bond donors (Lipinski definition) is 3. The van der Waals surface area contributed by atoms with Gasteiger partial charge in [0, 0.05) is 28.7 Å². The van der Waals surface area contributed by atoms with E-state index in [1.165, 1.54) is 7.11 Å². The van der Waals surface area contributed by atoms with Gasteiger partial charge in [-0.3, -0.25) is 14.4 Å². The second kappa shape index (κ2) is 9.40. The number of nitrogens with zero attached hydrogens (tertiary/aromatic N) is 2. The van der Waals surface area contributed by atoms with Gasteiger partial charge in [0.05, 0.1) is 30.3 Å². The summed E-state index contributed by atoms with van der Waals surface area (Å²) >= 11 is 0. The van der Waals surface area contributed by atoms with Crippen LogP contribution in [0.1, 0.15) is 18.0 Å². The molecule has 3 aromatic carbocycles. The predicted molar refractivity (Wildman–Crippen MR) is 133 cm³/mol. The van der Waals surface area contributed by atoms with Crippen LogP contribution in [-0.2, 0) is 14.3 Å². The molecule has 1 aromatic heterocycles. The van der Waals surface area contributed by atoms with E-state index in [0.717, 1.165) is 22.2 Å². The number of anilines is 2. The first-order valence-electron chi connectivity index (χ1n) is 11.1. The van der Waals surface area contributed by atoms with Crippen molar-refractivity contribution in [2.45, 2.75) is 12.5 Å². The molecule has 0 saturated carbocycles. The fourth-order valence-corrected chi connectivity index (χ4v) is 4.22. The summed E-state index contributed by atoms with van der Waals surface area (Å²) in [7, 11) is 1.35. The van der Waals surface area contributed by atoms with Gasteiger partial charge in [0.15, 0.2) is 0 Å². The number of aromatic amines is 1. The van der Waals surface area contributed by atoms with Gasteiger partial charge in [0.25, 0.3) is 5.56 Å². The highest BCUT2D eigenvalue weighted by atomic mass is 16.5. The molecule has 176 valence electrons. The number of fused-ring (bicyclic) bond motifs is 2. The molecule has 0 bridgehead atoms. The number of para-hydroxylation sites is 1. The van der Waals surface area contributed by atoms with Crippen molar-refractivity contribution in [3.05, 3.63) is 88.7 Å². The highest BCUT2D eigenvalue weighted by Crippen LogP contribution is 2.33. The summed E-state index contributed by atoms with van der Waals surface area (Å²) in [5, 5.41) is 12.8. The zero-order valence-electron chi connectivity index (χ0n) is 18.9. The van der Waals surface area contributed by atoms with Crippen molar-refractivity contribution in [2.75, 3.05) is 24.0 Å². The molecule has 9 nitrogen and oxygen atoms in total. The number of carbonyl (C=O) groups is 2. The van der Waals surface area contributed by atoms with Crippen LogP contribution in [0.3, 0.4) is 0 Å². The Labute approximate surface area is 200 Å². The number of ether oxygens (including phenoxy) is 1. The maximum Gasteiger partial charge on any atom is 0.307 e. The SMILES string of the molecule is COC(=O)CCN1NC(C(=O)Nc2ccc(-c3n[nH]c(=O)c4ccccc34)cc2)c2ccccc21. The number of carbonyl (C=O) groups excluding carboxylic acids is 2. The Morgan fingerprint density at radius 1 is 1.00 bits per heavy atom. The molecule has 0 radical (unpaired) electrons. The van der Waals surface area contributed by atoms with Crippen molar-refractivity contribution in [3.8, 4) is 11.3 Å². The van der Waals surface area contributed by atoms with Crippen molar-refractivity contribution in [3.63, 3.8) is 0 Å². The van der Waals surface area contributed by atoms with Crippen molar-refractivity contribution in [1.82, 2.24) is 15.6 Å². The number of nitrogens with one attached hydrogen (secondary N) is 3. The molecule has 35 heavy (non-hydrogen) atoms. The summed E-state index contributed by atoms with van der Waals surface area (Å²) in [6.45, 7) is 0.377. The highest BCUT2D eigenvalue weighted by Gasteiger charge is 2.33. The second-order valence-electron chi connectivity index (χ2n) is 8.11. The average molecular weight is 470 g/mol. The molecule has 0 aliphatic carbocycles. The molecule has 1 aliphatic heterocycles. The molecule has 1 unspecified atom stereocenters. The first-order valence-corrected chi connectivity index (χ1v) is 11.1. The van der Waals surface area contributed by atoms with E-state index >= 15 is 0 Å². The Bertz CT molecular complexity index is 1460. The molecule has 1 amide bonds. The van der Waals surface area contributed by atoms with Crippen LogP contribution in [0.2, 0.25) is 0 Å². The van der Waals surface area contributed by atoms with Gasteiger partial charge in [0.1, 0.15) is 6.04 Å². The summed E-state index contributed by atoms with van der Waals surface area (Å²) < 4.78 is 4.73. The molecule has 3 N–H and O–H groups in total. The molecular weight excluding hydrogens is 446 g/mol. The third kappa shape index (κ3) is 4.36. The van der Waals surface area contributed by atoms with Gasteiger partial charge in [-0.25, -0.2) is 10.5 Å². The molecule has 1 atom stereocenters. The van der Waals surface area contributed by atoms with Crippen LogP contribution in [0.15, 0.2) is 77.6 Å². The Morgan fingerprint density at radius 3 is 2.49 bits per heavy atom. The maximum absolute atomic E-state index is 13.1. The van der Waals surface area contributed by atoms with Crippen LogP contribution in [0.5, 0.6) is 0 Å². The van der Waals surface area contributed by atoms with Crippen molar-refractivity contribution in [1.29, 1.82) is 0 Å². The lowest BCUT2D eigenvalue weighted by Gasteiger charge is -2.20. The molecule has 0 spiro atoms. The summed E-state index contributed by atoms with van der Waals surface area (Å²) in [6.07, 6.45) is 0.196. The van der Waals surface area contributed by atoms with E-state index in [1.807, 2.05) is 54.6 Å². The number of methoxy groups -OCH3 is 1. The van der Waals surface area contributed by atoms with Gasteiger partial charge in [-0.2, -0.15) is 5.10 Å². The summed E-state index contributed by atoms with van der Waals surface area (Å²) in [6, 6.07) is 21.5. The molecular formula is C26H23N5O4. The van der Waals surface area contributed by atoms with E-state index in [9.17, 15) is 14.4 Å². The molecule has 1 aliphatic rings. The van der Waals surface area contributed by atoms with Gasteiger partial charge in [-0.15, -0.1) is 0 Å². The predicted octanol–water partition coefficient (Wildman–Crippen LogP) is 3.16. The quantitative estimate of drug-likeness (QED) is 0.372. The average Bonchev–Trinajstić information content (AvgIpc) is 3.27. The number of aromatic nitrogens is 2. The van der Waals surface area contributed by atoms with Gasteiger partial charge in [0.2, 0.25) is 5.91 Å².